The number of carbonyl (C=O) groups is 5. The fourth-order valence-corrected chi connectivity index (χ4v) is 16.5. The van der Waals surface area contributed by atoms with Crippen molar-refractivity contribution in [2.45, 2.75) is 116 Å². The number of fused-ring (bicyclic) bond motifs is 6. The van der Waals surface area contributed by atoms with Gasteiger partial charge in [0.2, 0.25) is 36.3 Å². The van der Waals surface area contributed by atoms with Gasteiger partial charge in [0.1, 0.15) is 56.3 Å². The van der Waals surface area contributed by atoms with E-state index >= 15 is 0 Å². The summed E-state index contributed by atoms with van der Waals surface area (Å²) in [6.45, 7) is 9.63. The maximum atomic E-state index is 13.0. The van der Waals surface area contributed by atoms with Gasteiger partial charge in [0.15, 0.2) is 46.0 Å². The lowest BCUT2D eigenvalue weighted by molar-refractivity contribution is -0.384. The summed E-state index contributed by atoms with van der Waals surface area (Å²) in [5.41, 5.74) is 9.50. The van der Waals surface area contributed by atoms with Crippen LogP contribution in [0.4, 0.5) is 5.69 Å². The number of aromatic hydroxyl groups is 5. The second kappa shape index (κ2) is 49.3. The highest BCUT2D eigenvalue weighted by atomic mass is 16.7. The number of carbonyl (C=O) groups excluding carboxylic acids is 5. The van der Waals surface area contributed by atoms with Gasteiger partial charge < -0.3 is 90.0 Å². The molecule has 5 aromatic heterocycles. The van der Waals surface area contributed by atoms with Gasteiger partial charge >= 0.3 is 0 Å². The molecule has 0 bridgehead atoms. The minimum atomic E-state index is -0.726. The van der Waals surface area contributed by atoms with Crippen molar-refractivity contribution in [2.24, 2.45) is 5.92 Å². The van der Waals surface area contributed by atoms with Crippen LogP contribution in [0.3, 0.4) is 0 Å². The summed E-state index contributed by atoms with van der Waals surface area (Å²) >= 11 is 0. The van der Waals surface area contributed by atoms with Crippen LogP contribution in [0.15, 0.2) is 280 Å². The van der Waals surface area contributed by atoms with Gasteiger partial charge in [-0.15, -0.1) is 0 Å². The molecular formula is C112H113N11O20. The average Bonchev–Trinajstić information content (AvgIpc) is 1.60. The number of ether oxygens (including phenoxy) is 8. The summed E-state index contributed by atoms with van der Waals surface area (Å²) < 4.78 is 43.0. The first-order chi connectivity index (χ1) is 69.3. The SMILES string of the molecule is CC(=O)NC(c1ccc2c(c1)OCO2)c1ccc2cccnc2c1O.CCCCC(=O)NC(c1ccc(OC)c(OC)c1)c1ccc2cccnc2c1O.CCCCC(=O)NC(c1cccc([N+](=O)[O-])c1)c1ccc2cccnc2c1O.COc1ccc(C(NC(=O)CC(C)C)c2ccc3cccnc3c2O)cc1OC.COc1ccc(C(NC(=O)Cc2ccccc2)c2ccc3cccnc3c2O)cc1OC. The number of unbranched alkanes of at least 4 members (excludes halogenated alkanes) is 2. The fourth-order valence-electron chi connectivity index (χ4n) is 16.5. The number of nitrogens with zero attached hydrogens (tertiary/aromatic N) is 6. The third-order valence-electron chi connectivity index (χ3n) is 23.7. The summed E-state index contributed by atoms with van der Waals surface area (Å²) in [5, 5.41) is 84.6. The molecule has 16 aromatic rings. The minimum Gasteiger partial charge on any atom is -0.505 e. The van der Waals surface area contributed by atoms with E-state index in [1.807, 2.05) is 191 Å². The Morgan fingerprint density at radius 2 is 0.678 bits per heavy atom. The molecule has 11 aromatic carbocycles. The van der Waals surface area contributed by atoms with Crippen molar-refractivity contribution in [1.29, 1.82) is 0 Å². The number of pyridine rings is 5. The number of non-ortho nitro benzene ring substituents is 1. The first-order valence-corrected chi connectivity index (χ1v) is 46.4. The number of nitrogens with one attached hydrogen (secondary N) is 5. The molecule has 5 unspecified atom stereocenters. The standard InChI is InChI=1S/C26H24N2O4.2C23H26N2O4.C21H21N3O4.C19H16N2O4/c1-31-21-13-11-19(16-22(21)32-2)24(28-23(29)15-17-7-4-3-5-8-17)20-12-10-18-9-6-14-27-25(18)26(20)30;1-14(2)12-20(26)25-21(16-8-10-18(28-3)19(13-16)29-4)17-9-7-15-6-5-11-24-22(15)23(17)27;1-4-5-8-20(26)25-21(16-10-12-18(28-2)19(14-16)29-3)17-11-9-15-7-6-13-24-22(15)23(17)27;1-2-3-9-18(25)23-19(15-6-4-8-16(13-15)24(27)28)17-11-10-14-7-5-12-22-20(14)21(17)26;1-11(22)21-17(13-5-7-15-16(9-13)25-10-24-15)14-6-4-12-3-2-8-20-18(12)19(14)23/h3-14,16,24,30H,15H2,1-2H3,(H,28,29);5-11,13-14,21,27H,12H2,1-4H3,(H,25,26);6-7,9-14,21,27H,4-5,8H2,1-3H3,(H,25,26);4-8,10-13,19,26H,2-3,9H2,1H3,(H,23,25);2-9,17,23H,10H2,1H3,(H,21,22). The zero-order valence-corrected chi connectivity index (χ0v) is 80.9. The van der Waals surface area contributed by atoms with Gasteiger partial charge in [-0.3, -0.25) is 59.0 Å². The van der Waals surface area contributed by atoms with Crippen LogP contribution in [-0.2, 0) is 30.4 Å². The highest BCUT2D eigenvalue weighted by Crippen LogP contribution is 2.45. The molecular weight excluding hydrogens is 1820 g/mol. The van der Waals surface area contributed by atoms with E-state index in [-0.39, 0.29) is 83.1 Å². The normalized spacial score (nSPS) is 12.2. The van der Waals surface area contributed by atoms with Crippen LogP contribution in [0, 0.1) is 16.0 Å². The maximum absolute atomic E-state index is 13.0. The Kier molecular flexibility index (Phi) is 35.5. The summed E-state index contributed by atoms with van der Waals surface area (Å²) in [6.07, 6.45) is 12.8. The Morgan fingerprint density at radius 3 is 1.01 bits per heavy atom. The molecule has 0 saturated carbocycles. The highest BCUT2D eigenvalue weighted by Gasteiger charge is 2.31. The molecule has 0 fully saturated rings. The quantitative estimate of drug-likeness (QED) is 0.0138. The molecule has 1 aliphatic heterocycles. The van der Waals surface area contributed by atoms with E-state index in [0.717, 1.165) is 80.4 Å². The molecule has 31 nitrogen and oxygen atoms in total. The second-order valence-corrected chi connectivity index (χ2v) is 33.8. The number of phenols is 5. The summed E-state index contributed by atoms with van der Waals surface area (Å²) in [7, 11) is 9.39. The number of methoxy groups -OCH3 is 6. The summed E-state index contributed by atoms with van der Waals surface area (Å²) in [4.78, 5) is 94.3. The topological polar surface area (TPSA) is 428 Å². The van der Waals surface area contributed by atoms with Gasteiger partial charge in [0.25, 0.3) is 5.69 Å². The average molecular weight is 1930 g/mol. The smallest absolute Gasteiger partial charge is 0.269 e. The maximum Gasteiger partial charge on any atom is 0.269 e. The summed E-state index contributed by atoms with van der Waals surface area (Å²) in [6, 6.07) is 71.0. The largest absolute Gasteiger partial charge is 0.505 e. The van der Waals surface area contributed by atoms with Crippen LogP contribution >= 0.6 is 0 Å². The van der Waals surface area contributed by atoms with Crippen LogP contribution in [0.1, 0.15) is 171 Å². The monoisotopic (exact) mass is 1930 g/mol. The van der Waals surface area contributed by atoms with Gasteiger partial charge in [0.05, 0.1) is 84.2 Å². The van der Waals surface area contributed by atoms with Gasteiger partial charge in [-0.2, -0.15) is 0 Å². The van der Waals surface area contributed by atoms with Crippen LogP contribution in [0.25, 0.3) is 54.5 Å². The number of hydrogen-bond donors (Lipinski definition) is 10. The molecule has 736 valence electrons. The van der Waals surface area contributed by atoms with Crippen molar-refractivity contribution in [3.8, 4) is 74.7 Å². The minimum absolute atomic E-state index is 0.0305. The number of aromatic nitrogens is 5. The van der Waals surface area contributed by atoms with Crippen LogP contribution in [0.5, 0.6) is 74.7 Å². The van der Waals surface area contributed by atoms with Crippen LogP contribution < -0.4 is 64.5 Å². The van der Waals surface area contributed by atoms with Crippen LogP contribution in [0.2, 0.25) is 0 Å². The Labute approximate surface area is 826 Å². The molecule has 10 N–H and O–H groups in total. The molecule has 31 heteroatoms. The van der Waals surface area contributed by atoms with Gasteiger partial charge in [-0.05, 0) is 131 Å². The Hall–Kier alpha value is -17.4. The number of benzene rings is 11. The molecule has 17 rings (SSSR count). The van der Waals surface area contributed by atoms with E-state index < -0.39 is 35.1 Å². The zero-order valence-electron chi connectivity index (χ0n) is 80.9. The zero-order chi connectivity index (χ0) is 102. The van der Waals surface area contributed by atoms with Crippen LogP contribution in [-0.4, -0.2) is 134 Å². The molecule has 5 amide bonds. The van der Waals surface area contributed by atoms with E-state index in [4.69, 9.17) is 37.9 Å². The van der Waals surface area contributed by atoms with Gasteiger partial charge in [-0.1, -0.05) is 198 Å². The lowest BCUT2D eigenvalue weighted by Gasteiger charge is -2.23. The number of rotatable bonds is 32. The van der Waals surface area contributed by atoms with E-state index in [0.29, 0.717) is 126 Å². The third kappa shape index (κ3) is 25.6. The molecule has 0 saturated heterocycles. The molecule has 0 spiro atoms. The van der Waals surface area contributed by atoms with Crippen molar-refractivity contribution < 1.29 is 92.3 Å². The molecule has 0 radical (unpaired) electrons. The van der Waals surface area contributed by atoms with E-state index in [1.165, 1.54) is 19.1 Å². The lowest BCUT2D eigenvalue weighted by Crippen LogP contribution is -2.30. The first-order valence-electron chi connectivity index (χ1n) is 46.4. The van der Waals surface area contributed by atoms with Crippen molar-refractivity contribution >= 4 is 89.7 Å². The molecule has 0 aliphatic carbocycles. The number of hydrogen-bond acceptors (Lipinski definition) is 25. The molecule has 143 heavy (non-hydrogen) atoms. The highest BCUT2D eigenvalue weighted by molar-refractivity contribution is 5.91. The van der Waals surface area contributed by atoms with Crippen molar-refractivity contribution in [1.82, 2.24) is 51.5 Å². The Morgan fingerprint density at radius 1 is 0.357 bits per heavy atom. The van der Waals surface area contributed by atoms with E-state index in [1.54, 1.807) is 146 Å². The Bertz CT molecular complexity index is 7220. The number of amides is 5. The summed E-state index contributed by atoms with van der Waals surface area (Å²) in [5.74, 6) is 4.29. The molecule has 1 aliphatic rings. The van der Waals surface area contributed by atoms with E-state index in [2.05, 4.69) is 51.5 Å². The predicted octanol–water partition coefficient (Wildman–Crippen LogP) is 20.1. The lowest BCUT2D eigenvalue weighted by atomic mass is 9.95. The number of nitro groups is 1. The Balaban J connectivity index is 0.000000150. The van der Waals surface area contributed by atoms with Crippen molar-refractivity contribution in [3.63, 3.8) is 0 Å². The second-order valence-electron chi connectivity index (χ2n) is 33.8. The van der Waals surface area contributed by atoms with Crippen molar-refractivity contribution in [3.05, 3.63) is 351 Å². The van der Waals surface area contributed by atoms with E-state index in [9.17, 15) is 59.6 Å². The number of phenolic OH excluding ortho intramolecular Hbond substituents is 5. The van der Waals surface area contributed by atoms with Gasteiger partial charge in [0, 0.05) is 124 Å². The van der Waals surface area contributed by atoms with Gasteiger partial charge in [-0.25, -0.2) is 0 Å². The third-order valence-corrected chi connectivity index (χ3v) is 23.7. The number of nitro benzene ring substituents is 1. The van der Waals surface area contributed by atoms with Crippen molar-refractivity contribution in [2.75, 3.05) is 49.5 Å². The molecule has 6 heterocycles. The fraction of sp³-hybridized carbons (Fsp3) is 0.232. The first kappa shape index (κ1) is 103. The molecule has 5 atom stereocenters. The predicted molar refractivity (Wildman–Crippen MR) is 546 cm³/mol.